The molecule has 21 heavy (non-hydrogen) atoms. The summed E-state index contributed by atoms with van der Waals surface area (Å²) in [5.74, 6) is 1.71. The molecule has 1 aromatic rings. The van der Waals surface area contributed by atoms with E-state index in [1.807, 2.05) is 0 Å². The van der Waals surface area contributed by atoms with E-state index in [-0.39, 0.29) is 0 Å². The number of benzene rings is 1. The van der Waals surface area contributed by atoms with E-state index < -0.39 is 0 Å². The van der Waals surface area contributed by atoms with Gasteiger partial charge in [0.2, 0.25) is 0 Å². The van der Waals surface area contributed by atoms with E-state index in [4.69, 9.17) is 0 Å². The Morgan fingerprint density at radius 2 is 1.48 bits per heavy atom. The second-order valence-electron chi connectivity index (χ2n) is 8.23. The predicted octanol–water partition coefficient (Wildman–Crippen LogP) is 5.43. The fourth-order valence-corrected chi connectivity index (χ4v) is 4.26. The van der Waals surface area contributed by atoms with Gasteiger partial charge in [0, 0.05) is 6.04 Å². The summed E-state index contributed by atoms with van der Waals surface area (Å²) in [5.41, 5.74) is 3.55. The number of rotatable bonds is 2. The van der Waals surface area contributed by atoms with Gasteiger partial charge in [0.1, 0.15) is 0 Å². The van der Waals surface area contributed by atoms with Gasteiger partial charge in [0.15, 0.2) is 0 Å². The number of hydrogen-bond donors (Lipinski definition) is 1. The van der Waals surface area contributed by atoms with Gasteiger partial charge in [-0.25, -0.2) is 0 Å². The van der Waals surface area contributed by atoms with Crippen molar-refractivity contribution in [2.75, 3.05) is 6.54 Å². The summed E-state index contributed by atoms with van der Waals surface area (Å²) >= 11 is 0. The molecule has 1 heterocycles. The van der Waals surface area contributed by atoms with Crippen LogP contribution in [-0.4, -0.2) is 6.54 Å². The molecule has 1 saturated heterocycles. The van der Waals surface area contributed by atoms with Gasteiger partial charge < -0.3 is 5.32 Å². The molecule has 1 aliphatic carbocycles. The van der Waals surface area contributed by atoms with Crippen LogP contribution >= 0.6 is 0 Å². The summed E-state index contributed by atoms with van der Waals surface area (Å²) in [6, 6.07) is 10.1. The van der Waals surface area contributed by atoms with Gasteiger partial charge in [-0.3, -0.25) is 0 Å². The maximum absolute atomic E-state index is 3.59. The molecule has 0 radical (unpaired) electrons. The van der Waals surface area contributed by atoms with Crippen molar-refractivity contribution < 1.29 is 0 Å². The molecule has 116 valence electrons. The molecule has 2 fully saturated rings. The summed E-state index contributed by atoms with van der Waals surface area (Å²) in [6.45, 7) is 8.40. The van der Waals surface area contributed by atoms with Gasteiger partial charge in [-0.2, -0.15) is 0 Å². The highest BCUT2D eigenvalue weighted by atomic mass is 14.9. The average molecular weight is 285 g/mol. The maximum Gasteiger partial charge on any atom is 0.0320 e. The topological polar surface area (TPSA) is 12.0 Å². The third kappa shape index (κ3) is 3.51. The van der Waals surface area contributed by atoms with Crippen LogP contribution in [0.2, 0.25) is 0 Å². The normalized spacial score (nSPS) is 30.5. The van der Waals surface area contributed by atoms with Crippen LogP contribution in [0.15, 0.2) is 24.3 Å². The molecule has 1 unspecified atom stereocenters. The van der Waals surface area contributed by atoms with Crippen molar-refractivity contribution >= 4 is 0 Å². The minimum Gasteiger partial charge on any atom is -0.310 e. The zero-order chi connectivity index (χ0) is 14.9. The third-order valence-corrected chi connectivity index (χ3v) is 5.82. The molecule has 1 atom stereocenters. The molecule has 3 rings (SSSR count). The van der Waals surface area contributed by atoms with E-state index in [1.54, 1.807) is 5.56 Å². The largest absolute Gasteiger partial charge is 0.310 e. The molecule has 2 aliphatic rings. The van der Waals surface area contributed by atoms with E-state index in [2.05, 4.69) is 50.4 Å². The van der Waals surface area contributed by atoms with Crippen LogP contribution < -0.4 is 5.32 Å². The molecule has 1 aromatic carbocycles. The summed E-state index contributed by atoms with van der Waals surface area (Å²) in [5, 5.41) is 3.59. The second kappa shape index (κ2) is 6.12. The molecule has 0 aromatic heterocycles. The van der Waals surface area contributed by atoms with Crippen LogP contribution in [0.25, 0.3) is 0 Å². The molecular weight excluding hydrogens is 254 g/mol. The highest BCUT2D eigenvalue weighted by molar-refractivity contribution is 5.28. The SMILES string of the molecule is CC(C)(C)C1CCC(c2ccc(C3CCCN3)cc2)CC1. The molecule has 1 aliphatic heterocycles. The fourth-order valence-electron chi connectivity index (χ4n) is 4.26. The molecule has 1 nitrogen and oxygen atoms in total. The van der Waals surface area contributed by atoms with Gasteiger partial charge in [0.25, 0.3) is 0 Å². The van der Waals surface area contributed by atoms with Crippen LogP contribution in [0.4, 0.5) is 0 Å². The first kappa shape index (κ1) is 15.1. The number of nitrogens with one attached hydrogen (secondary N) is 1. The van der Waals surface area contributed by atoms with Gasteiger partial charge in [-0.1, -0.05) is 45.0 Å². The highest BCUT2D eigenvalue weighted by Crippen LogP contribution is 2.43. The van der Waals surface area contributed by atoms with Crippen LogP contribution in [0.3, 0.4) is 0 Å². The minimum atomic E-state index is 0.489. The van der Waals surface area contributed by atoms with Gasteiger partial charge in [-0.15, -0.1) is 0 Å². The lowest BCUT2D eigenvalue weighted by molar-refractivity contribution is 0.169. The monoisotopic (exact) mass is 285 g/mol. The average Bonchev–Trinajstić information content (AvgIpc) is 3.01. The van der Waals surface area contributed by atoms with E-state index in [1.165, 1.54) is 50.6 Å². The fraction of sp³-hybridized carbons (Fsp3) is 0.700. The third-order valence-electron chi connectivity index (χ3n) is 5.82. The van der Waals surface area contributed by atoms with Gasteiger partial charge >= 0.3 is 0 Å². The zero-order valence-corrected chi connectivity index (χ0v) is 14.0. The summed E-state index contributed by atoms with van der Waals surface area (Å²) in [6.07, 6.45) is 8.19. The van der Waals surface area contributed by atoms with E-state index in [0.717, 1.165) is 11.8 Å². The Labute approximate surface area is 130 Å². The molecule has 0 amide bonds. The Balaban J connectivity index is 1.60. The molecular formula is C20H31N. The van der Waals surface area contributed by atoms with Gasteiger partial charge in [-0.05, 0) is 73.4 Å². The molecule has 0 bridgehead atoms. The predicted molar refractivity (Wildman–Crippen MR) is 90.6 cm³/mol. The lowest BCUT2D eigenvalue weighted by Crippen LogP contribution is -2.25. The molecule has 1 saturated carbocycles. The first-order valence-corrected chi connectivity index (χ1v) is 8.87. The summed E-state index contributed by atoms with van der Waals surface area (Å²) in [7, 11) is 0. The first-order chi connectivity index (χ1) is 10.0. The van der Waals surface area contributed by atoms with E-state index in [0.29, 0.717) is 11.5 Å². The quantitative estimate of drug-likeness (QED) is 0.764. The highest BCUT2D eigenvalue weighted by Gasteiger charge is 2.30. The Morgan fingerprint density at radius 3 is 2.00 bits per heavy atom. The van der Waals surface area contributed by atoms with Crippen molar-refractivity contribution in [3.05, 3.63) is 35.4 Å². The van der Waals surface area contributed by atoms with Crippen molar-refractivity contribution in [1.29, 1.82) is 0 Å². The molecule has 0 spiro atoms. The van der Waals surface area contributed by atoms with Crippen LogP contribution in [0, 0.1) is 11.3 Å². The minimum absolute atomic E-state index is 0.489. The lowest BCUT2D eigenvalue weighted by Gasteiger charge is -2.37. The Bertz CT molecular complexity index is 440. The van der Waals surface area contributed by atoms with Crippen molar-refractivity contribution in [1.82, 2.24) is 5.32 Å². The van der Waals surface area contributed by atoms with Crippen molar-refractivity contribution in [2.45, 2.75) is 71.3 Å². The standard InChI is InChI=1S/C20H31N/c1-20(2,3)18-12-10-16(11-13-18)15-6-8-17(9-7-15)19-5-4-14-21-19/h6-9,16,18-19,21H,4-5,10-14H2,1-3H3. The Kier molecular flexibility index (Phi) is 4.40. The van der Waals surface area contributed by atoms with E-state index >= 15 is 0 Å². The van der Waals surface area contributed by atoms with Crippen molar-refractivity contribution in [2.24, 2.45) is 11.3 Å². The van der Waals surface area contributed by atoms with E-state index in [9.17, 15) is 0 Å². The van der Waals surface area contributed by atoms with Crippen molar-refractivity contribution in [3.8, 4) is 0 Å². The van der Waals surface area contributed by atoms with Gasteiger partial charge in [0.05, 0.1) is 0 Å². The smallest absolute Gasteiger partial charge is 0.0320 e. The van der Waals surface area contributed by atoms with Crippen LogP contribution in [0.5, 0.6) is 0 Å². The Hall–Kier alpha value is -0.820. The number of hydrogen-bond acceptors (Lipinski definition) is 1. The lowest BCUT2D eigenvalue weighted by atomic mass is 9.68. The first-order valence-electron chi connectivity index (χ1n) is 8.87. The summed E-state index contributed by atoms with van der Waals surface area (Å²) in [4.78, 5) is 0. The van der Waals surface area contributed by atoms with Crippen molar-refractivity contribution in [3.63, 3.8) is 0 Å². The van der Waals surface area contributed by atoms with Crippen LogP contribution in [-0.2, 0) is 0 Å². The zero-order valence-electron chi connectivity index (χ0n) is 14.0. The Morgan fingerprint density at radius 1 is 0.857 bits per heavy atom. The molecule has 1 N–H and O–H groups in total. The molecule has 1 heteroatoms. The maximum atomic E-state index is 3.59. The van der Waals surface area contributed by atoms with Crippen LogP contribution in [0.1, 0.15) is 82.4 Å². The second-order valence-corrected chi connectivity index (χ2v) is 8.23. The summed E-state index contributed by atoms with van der Waals surface area (Å²) < 4.78 is 0.